The number of rotatable bonds is 1. The van der Waals surface area contributed by atoms with E-state index in [1.807, 2.05) is 6.07 Å². The van der Waals surface area contributed by atoms with E-state index >= 15 is 0 Å². The molecule has 2 N–H and O–H groups in total. The van der Waals surface area contributed by atoms with Crippen molar-refractivity contribution in [1.29, 1.82) is 0 Å². The Hall–Kier alpha value is -1.51. The smallest absolute Gasteiger partial charge is 0.220 e. The van der Waals surface area contributed by atoms with Crippen LogP contribution in [0.2, 0.25) is 0 Å². The first-order valence-electron chi connectivity index (χ1n) is 4.31. The summed E-state index contributed by atoms with van der Waals surface area (Å²) in [5, 5.41) is 12.0. The Balaban J connectivity index is 2.21. The molecule has 0 aliphatic carbocycles. The van der Waals surface area contributed by atoms with Gasteiger partial charge in [-0.3, -0.25) is 4.79 Å². The lowest BCUT2D eigenvalue weighted by Gasteiger charge is -2.06. The predicted octanol–water partition coefficient (Wildman–Crippen LogP) is 0.996. The molecule has 1 aliphatic heterocycles. The van der Waals surface area contributed by atoms with Gasteiger partial charge in [-0.15, -0.1) is 0 Å². The van der Waals surface area contributed by atoms with E-state index in [0.29, 0.717) is 13.0 Å². The maximum absolute atomic E-state index is 10.9. The SMILES string of the molecule is O=C1C[C@H](c2cccc(O)c2)CN1. The number of carbonyl (C=O) groups is 1. The molecule has 0 unspecified atom stereocenters. The molecule has 1 heterocycles. The molecule has 68 valence electrons. The Morgan fingerprint density at radius 3 is 2.92 bits per heavy atom. The number of phenols is 1. The molecule has 0 bridgehead atoms. The molecular weight excluding hydrogens is 166 g/mol. The first-order chi connectivity index (χ1) is 6.25. The second kappa shape index (κ2) is 3.09. The molecule has 1 aromatic carbocycles. The Bertz CT molecular complexity index is 335. The lowest BCUT2D eigenvalue weighted by molar-refractivity contribution is -0.119. The van der Waals surface area contributed by atoms with E-state index in [0.717, 1.165) is 5.56 Å². The van der Waals surface area contributed by atoms with Crippen LogP contribution in [0.5, 0.6) is 5.75 Å². The van der Waals surface area contributed by atoms with Gasteiger partial charge in [0, 0.05) is 18.9 Å². The number of amides is 1. The van der Waals surface area contributed by atoms with Gasteiger partial charge in [-0.2, -0.15) is 0 Å². The van der Waals surface area contributed by atoms with Crippen molar-refractivity contribution in [2.45, 2.75) is 12.3 Å². The van der Waals surface area contributed by atoms with Gasteiger partial charge in [0.15, 0.2) is 0 Å². The van der Waals surface area contributed by atoms with Crippen molar-refractivity contribution in [3.05, 3.63) is 29.8 Å². The lowest BCUT2D eigenvalue weighted by Crippen LogP contribution is -2.13. The maximum Gasteiger partial charge on any atom is 0.220 e. The molecule has 1 atom stereocenters. The molecule has 3 heteroatoms. The fourth-order valence-electron chi connectivity index (χ4n) is 1.62. The molecule has 1 aliphatic rings. The number of benzene rings is 1. The Morgan fingerprint density at radius 2 is 2.31 bits per heavy atom. The van der Waals surface area contributed by atoms with E-state index in [1.165, 1.54) is 0 Å². The Morgan fingerprint density at radius 1 is 1.46 bits per heavy atom. The first-order valence-corrected chi connectivity index (χ1v) is 4.31. The number of hydrogen-bond donors (Lipinski definition) is 2. The van der Waals surface area contributed by atoms with Crippen molar-refractivity contribution in [2.75, 3.05) is 6.54 Å². The molecule has 3 nitrogen and oxygen atoms in total. The molecule has 0 radical (unpaired) electrons. The number of phenolic OH excluding ortho intramolecular Hbond substituents is 1. The predicted molar refractivity (Wildman–Crippen MR) is 48.5 cm³/mol. The van der Waals surface area contributed by atoms with Crippen LogP contribution >= 0.6 is 0 Å². The van der Waals surface area contributed by atoms with Gasteiger partial charge in [0.25, 0.3) is 0 Å². The van der Waals surface area contributed by atoms with Crippen LogP contribution in [0.3, 0.4) is 0 Å². The normalized spacial score (nSPS) is 21.5. The summed E-state index contributed by atoms with van der Waals surface area (Å²) in [4.78, 5) is 10.9. The average molecular weight is 177 g/mol. The summed E-state index contributed by atoms with van der Waals surface area (Å²) in [6.45, 7) is 0.683. The zero-order chi connectivity index (χ0) is 9.26. The van der Waals surface area contributed by atoms with Crippen LogP contribution in [0, 0.1) is 0 Å². The highest BCUT2D eigenvalue weighted by atomic mass is 16.3. The van der Waals surface area contributed by atoms with E-state index in [2.05, 4.69) is 5.32 Å². The number of carbonyl (C=O) groups excluding carboxylic acids is 1. The lowest BCUT2D eigenvalue weighted by atomic mass is 9.98. The molecule has 1 fully saturated rings. The van der Waals surface area contributed by atoms with Crippen molar-refractivity contribution >= 4 is 5.91 Å². The Kier molecular flexibility index (Phi) is 1.93. The minimum Gasteiger partial charge on any atom is -0.508 e. The quantitative estimate of drug-likeness (QED) is 0.672. The van der Waals surface area contributed by atoms with Crippen molar-refractivity contribution in [1.82, 2.24) is 5.32 Å². The van der Waals surface area contributed by atoms with E-state index in [-0.39, 0.29) is 17.6 Å². The van der Waals surface area contributed by atoms with Crippen LogP contribution < -0.4 is 5.32 Å². The summed E-state index contributed by atoms with van der Waals surface area (Å²) in [6, 6.07) is 7.08. The molecule has 2 rings (SSSR count). The van der Waals surface area contributed by atoms with E-state index in [1.54, 1.807) is 18.2 Å². The maximum atomic E-state index is 10.9. The van der Waals surface area contributed by atoms with Gasteiger partial charge in [0.1, 0.15) is 5.75 Å². The largest absolute Gasteiger partial charge is 0.508 e. The van der Waals surface area contributed by atoms with Gasteiger partial charge in [0.05, 0.1) is 0 Å². The van der Waals surface area contributed by atoms with Crippen molar-refractivity contribution in [2.24, 2.45) is 0 Å². The van der Waals surface area contributed by atoms with Crippen LogP contribution in [-0.4, -0.2) is 17.6 Å². The fourth-order valence-corrected chi connectivity index (χ4v) is 1.62. The molecule has 13 heavy (non-hydrogen) atoms. The molecule has 1 aromatic rings. The van der Waals surface area contributed by atoms with Crippen LogP contribution in [0.4, 0.5) is 0 Å². The molecular formula is C10H11NO2. The van der Waals surface area contributed by atoms with Crippen molar-refractivity contribution in [3.8, 4) is 5.75 Å². The zero-order valence-corrected chi connectivity index (χ0v) is 7.16. The first kappa shape index (κ1) is 8.10. The van der Waals surface area contributed by atoms with Crippen LogP contribution in [0.25, 0.3) is 0 Å². The third-order valence-electron chi connectivity index (χ3n) is 2.32. The van der Waals surface area contributed by atoms with Gasteiger partial charge in [-0.1, -0.05) is 12.1 Å². The monoisotopic (exact) mass is 177 g/mol. The number of nitrogens with one attached hydrogen (secondary N) is 1. The minimum atomic E-state index is 0.0911. The molecule has 0 saturated carbocycles. The molecule has 1 amide bonds. The highest BCUT2D eigenvalue weighted by Gasteiger charge is 2.22. The average Bonchev–Trinajstić information content (AvgIpc) is 2.52. The number of aromatic hydroxyl groups is 1. The van der Waals surface area contributed by atoms with Crippen molar-refractivity contribution in [3.63, 3.8) is 0 Å². The minimum absolute atomic E-state index is 0.0911. The summed E-state index contributed by atoms with van der Waals surface area (Å²) in [6.07, 6.45) is 0.531. The summed E-state index contributed by atoms with van der Waals surface area (Å²) < 4.78 is 0. The third-order valence-corrected chi connectivity index (χ3v) is 2.32. The van der Waals surface area contributed by atoms with Gasteiger partial charge in [0.2, 0.25) is 5.91 Å². The molecule has 0 spiro atoms. The summed E-state index contributed by atoms with van der Waals surface area (Å²) >= 11 is 0. The van der Waals surface area contributed by atoms with E-state index < -0.39 is 0 Å². The molecule has 0 aromatic heterocycles. The highest BCUT2D eigenvalue weighted by molar-refractivity contribution is 5.79. The summed E-state index contributed by atoms with van der Waals surface area (Å²) in [7, 11) is 0. The third kappa shape index (κ3) is 1.64. The van der Waals surface area contributed by atoms with Gasteiger partial charge in [-0.05, 0) is 17.7 Å². The summed E-state index contributed by atoms with van der Waals surface area (Å²) in [5.74, 6) is 0.574. The second-order valence-electron chi connectivity index (χ2n) is 3.30. The van der Waals surface area contributed by atoms with Gasteiger partial charge >= 0.3 is 0 Å². The highest BCUT2D eigenvalue weighted by Crippen LogP contribution is 2.25. The van der Waals surface area contributed by atoms with Crippen LogP contribution in [0.15, 0.2) is 24.3 Å². The Labute approximate surface area is 76.4 Å². The fraction of sp³-hybridized carbons (Fsp3) is 0.300. The van der Waals surface area contributed by atoms with Crippen molar-refractivity contribution < 1.29 is 9.90 Å². The topological polar surface area (TPSA) is 49.3 Å². The van der Waals surface area contributed by atoms with Crippen LogP contribution in [-0.2, 0) is 4.79 Å². The summed E-state index contributed by atoms with van der Waals surface area (Å²) in [5.41, 5.74) is 1.03. The van der Waals surface area contributed by atoms with E-state index in [4.69, 9.17) is 0 Å². The standard InChI is InChI=1S/C10H11NO2/c12-9-3-1-2-7(4-9)8-5-10(13)11-6-8/h1-4,8,12H,5-6H2,(H,11,13)/t8-/m0/s1. The zero-order valence-electron chi connectivity index (χ0n) is 7.16. The molecule has 1 saturated heterocycles. The van der Waals surface area contributed by atoms with Crippen LogP contribution in [0.1, 0.15) is 17.9 Å². The second-order valence-corrected chi connectivity index (χ2v) is 3.30. The van der Waals surface area contributed by atoms with Gasteiger partial charge in [-0.25, -0.2) is 0 Å². The van der Waals surface area contributed by atoms with E-state index in [9.17, 15) is 9.90 Å². The van der Waals surface area contributed by atoms with Gasteiger partial charge < -0.3 is 10.4 Å². The number of hydrogen-bond acceptors (Lipinski definition) is 2.